The van der Waals surface area contributed by atoms with E-state index in [-0.39, 0.29) is 17.0 Å². The fourth-order valence-corrected chi connectivity index (χ4v) is 3.85. The monoisotopic (exact) mass is 325 g/mol. The molecule has 0 heterocycles. The van der Waals surface area contributed by atoms with Crippen molar-refractivity contribution in [2.24, 2.45) is 5.73 Å². The number of rotatable bonds is 4. The lowest BCUT2D eigenvalue weighted by molar-refractivity contribution is 0.369. The SMILES string of the molecule is N#Cc1cc(S(=O)(=O)NCC2(N)CCCCCC2)ccc1F. The molecule has 5 nitrogen and oxygen atoms in total. The van der Waals surface area contributed by atoms with Gasteiger partial charge in [0.25, 0.3) is 0 Å². The van der Waals surface area contributed by atoms with Crippen molar-refractivity contribution in [2.45, 2.75) is 49.0 Å². The highest BCUT2D eigenvalue weighted by Gasteiger charge is 2.28. The molecule has 1 fully saturated rings. The van der Waals surface area contributed by atoms with E-state index in [1.807, 2.05) is 0 Å². The number of nitrogens with two attached hydrogens (primary N) is 1. The van der Waals surface area contributed by atoms with Crippen LogP contribution in [0.3, 0.4) is 0 Å². The maximum absolute atomic E-state index is 13.3. The number of nitrogens with one attached hydrogen (secondary N) is 1. The van der Waals surface area contributed by atoms with Crippen LogP contribution in [0.15, 0.2) is 23.1 Å². The van der Waals surface area contributed by atoms with Gasteiger partial charge in [0.05, 0.1) is 10.5 Å². The van der Waals surface area contributed by atoms with Crippen LogP contribution in [0.5, 0.6) is 0 Å². The first-order chi connectivity index (χ1) is 10.4. The Labute approximate surface area is 130 Å². The maximum Gasteiger partial charge on any atom is 0.240 e. The summed E-state index contributed by atoms with van der Waals surface area (Å²) in [7, 11) is -3.81. The third-order valence-electron chi connectivity index (χ3n) is 4.08. The van der Waals surface area contributed by atoms with E-state index < -0.39 is 21.4 Å². The topological polar surface area (TPSA) is 96.0 Å². The molecule has 1 aromatic rings. The largest absolute Gasteiger partial charge is 0.324 e. The predicted molar refractivity (Wildman–Crippen MR) is 80.9 cm³/mol. The van der Waals surface area contributed by atoms with Crippen LogP contribution < -0.4 is 10.5 Å². The average Bonchev–Trinajstić information content (AvgIpc) is 2.71. The first-order valence-corrected chi connectivity index (χ1v) is 8.83. The van der Waals surface area contributed by atoms with E-state index in [9.17, 15) is 12.8 Å². The van der Waals surface area contributed by atoms with Gasteiger partial charge >= 0.3 is 0 Å². The zero-order chi connectivity index (χ0) is 16.2. The number of hydrogen-bond donors (Lipinski definition) is 2. The quantitative estimate of drug-likeness (QED) is 0.828. The van der Waals surface area contributed by atoms with Gasteiger partial charge in [-0.25, -0.2) is 17.5 Å². The Morgan fingerprint density at radius 3 is 2.50 bits per heavy atom. The molecule has 0 unspecified atom stereocenters. The molecule has 0 spiro atoms. The van der Waals surface area contributed by atoms with Gasteiger partial charge in [-0.1, -0.05) is 25.7 Å². The smallest absolute Gasteiger partial charge is 0.240 e. The van der Waals surface area contributed by atoms with E-state index in [2.05, 4.69) is 4.72 Å². The molecule has 1 saturated carbocycles. The summed E-state index contributed by atoms with van der Waals surface area (Å²) in [6.07, 6.45) is 5.79. The molecule has 1 aromatic carbocycles. The summed E-state index contributed by atoms with van der Waals surface area (Å²) in [6.45, 7) is 0.147. The van der Waals surface area contributed by atoms with Crippen LogP contribution in [0.4, 0.5) is 4.39 Å². The third kappa shape index (κ3) is 4.03. The standard InChI is InChI=1S/C15H20FN3O2S/c16-14-6-5-13(9-12(14)10-17)22(20,21)19-11-15(18)7-3-1-2-4-8-15/h5-6,9,19H,1-4,7-8,11,18H2. The minimum atomic E-state index is -3.81. The molecule has 0 aliphatic heterocycles. The Morgan fingerprint density at radius 1 is 1.27 bits per heavy atom. The van der Waals surface area contributed by atoms with Crippen molar-refractivity contribution in [1.29, 1.82) is 5.26 Å². The van der Waals surface area contributed by atoms with Crippen LogP contribution in [0.1, 0.15) is 44.1 Å². The van der Waals surface area contributed by atoms with Gasteiger partial charge in [-0.3, -0.25) is 0 Å². The minimum absolute atomic E-state index is 0.123. The van der Waals surface area contributed by atoms with E-state index in [0.717, 1.165) is 56.7 Å². The van der Waals surface area contributed by atoms with Crippen LogP contribution in [-0.2, 0) is 10.0 Å². The van der Waals surface area contributed by atoms with Gasteiger partial charge in [-0.05, 0) is 31.0 Å². The van der Waals surface area contributed by atoms with E-state index in [1.165, 1.54) is 0 Å². The lowest BCUT2D eigenvalue weighted by Gasteiger charge is -2.28. The first-order valence-electron chi connectivity index (χ1n) is 7.35. The third-order valence-corrected chi connectivity index (χ3v) is 5.48. The number of nitriles is 1. The number of benzene rings is 1. The van der Waals surface area contributed by atoms with Gasteiger partial charge in [0, 0.05) is 12.1 Å². The summed E-state index contributed by atoms with van der Waals surface area (Å²) in [5, 5.41) is 8.79. The van der Waals surface area contributed by atoms with E-state index in [0.29, 0.717) is 0 Å². The number of halogens is 1. The van der Waals surface area contributed by atoms with E-state index >= 15 is 0 Å². The molecule has 7 heteroatoms. The highest BCUT2D eigenvalue weighted by atomic mass is 32.2. The fourth-order valence-electron chi connectivity index (χ4n) is 2.69. The van der Waals surface area contributed by atoms with Gasteiger partial charge in [0.2, 0.25) is 10.0 Å². The molecule has 1 aliphatic rings. The summed E-state index contributed by atoms with van der Waals surface area (Å²) >= 11 is 0. The first kappa shape index (κ1) is 16.9. The zero-order valence-corrected chi connectivity index (χ0v) is 13.1. The van der Waals surface area contributed by atoms with E-state index in [1.54, 1.807) is 6.07 Å². The van der Waals surface area contributed by atoms with Crippen molar-refractivity contribution in [3.63, 3.8) is 0 Å². The van der Waals surface area contributed by atoms with Crippen LogP contribution in [-0.4, -0.2) is 20.5 Å². The lowest BCUT2D eigenvalue weighted by atomic mass is 9.92. The Morgan fingerprint density at radius 2 is 1.91 bits per heavy atom. The Hall–Kier alpha value is -1.49. The van der Waals surface area contributed by atoms with Gasteiger partial charge in [-0.15, -0.1) is 0 Å². The number of sulfonamides is 1. The highest BCUT2D eigenvalue weighted by molar-refractivity contribution is 7.89. The van der Waals surface area contributed by atoms with Crippen molar-refractivity contribution in [3.05, 3.63) is 29.6 Å². The van der Waals surface area contributed by atoms with Crippen molar-refractivity contribution >= 4 is 10.0 Å². The molecule has 3 N–H and O–H groups in total. The fraction of sp³-hybridized carbons (Fsp3) is 0.533. The van der Waals surface area contributed by atoms with E-state index in [4.69, 9.17) is 11.0 Å². The van der Waals surface area contributed by atoms with Gasteiger partial charge < -0.3 is 5.73 Å². The molecular formula is C15H20FN3O2S. The van der Waals surface area contributed by atoms with Crippen LogP contribution in [0.25, 0.3) is 0 Å². The van der Waals surface area contributed by atoms with Crippen molar-refractivity contribution in [2.75, 3.05) is 6.54 Å². The summed E-state index contributed by atoms with van der Waals surface area (Å²) in [5.74, 6) is -0.736. The number of nitrogens with zero attached hydrogens (tertiary/aromatic N) is 1. The second-order valence-electron chi connectivity index (χ2n) is 5.85. The molecule has 0 atom stereocenters. The minimum Gasteiger partial charge on any atom is -0.324 e. The lowest BCUT2D eigenvalue weighted by Crippen LogP contribution is -2.49. The maximum atomic E-state index is 13.3. The van der Waals surface area contributed by atoms with Gasteiger partial charge in [0.15, 0.2) is 0 Å². The molecule has 0 amide bonds. The zero-order valence-electron chi connectivity index (χ0n) is 12.3. The summed E-state index contributed by atoms with van der Waals surface area (Å²) in [6, 6.07) is 4.80. The summed E-state index contributed by atoms with van der Waals surface area (Å²) in [5.41, 5.74) is 5.45. The molecule has 1 aliphatic carbocycles. The molecule has 0 aromatic heterocycles. The van der Waals surface area contributed by atoms with Crippen LogP contribution >= 0.6 is 0 Å². The van der Waals surface area contributed by atoms with Crippen LogP contribution in [0.2, 0.25) is 0 Å². The molecule has 22 heavy (non-hydrogen) atoms. The number of hydrogen-bond acceptors (Lipinski definition) is 4. The van der Waals surface area contributed by atoms with Crippen molar-refractivity contribution in [3.8, 4) is 6.07 Å². The van der Waals surface area contributed by atoms with Crippen molar-refractivity contribution < 1.29 is 12.8 Å². The Bertz CT molecular complexity index is 675. The Balaban J connectivity index is 2.12. The van der Waals surface area contributed by atoms with Crippen molar-refractivity contribution in [1.82, 2.24) is 4.72 Å². The van der Waals surface area contributed by atoms with Crippen LogP contribution in [0, 0.1) is 17.1 Å². The van der Waals surface area contributed by atoms with Gasteiger partial charge in [-0.2, -0.15) is 5.26 Å². The molecular weight excluding hydrogens is 305 g/mol. The average molecular weight is 325 g/mol. The predicted octanol–water partition coefficient (Wildman–Crippen LogP) is 2.03. The van der Waals surface area contributed by atoms with Gasteiger partial charge in [0.1, 0.15) is 11.9 Å². The molecule has 0 radical (unpaired) electrons. The molecule has 0 saturated heterocycles. The summed E-state index contributed by atoms with van der Waals surface area (Å²) in [4.78, 5) is -0.123. The summed E-state index contributed by atoms with van der Waals surface area (Å²) < 4.78 is 40.4. The molecule has 120 valence electrons. The normalized spacial score (nSPS) is 18.4. The Kier molecular flexibility index (Phi) is 5.16. The second-order valence-corrected chi connectivity index (χ2v) is 7.62. The molecule has 0 bridgehead atoms. The second kappa shape index (κ2) is 6.73. The molecule has 2 rings (SSSR count). The highest BCUT2D eigenvalue weighted by Crippen LogP contribution is 2.25.